The molecule has 0 fully saturated rings. The Bertz CT molecular complexity index is 484. The minimum absolute atomic E-state index is 0.0301. The Hall–Kier alpha value is -2.08. The van der Waals surface area contributed by atoms with E-state index >= 15 is 0 Å². The number of benzene rings is 1. The standard InChI is InChI=1S/C14H19NO5/c1-8(2)20-11-6-4-5-10(7-11)13(17)15-12(9(3)16)14(18)19/h4-9,12,16H,1-3H3,(H,15,17)(H,18,19). The lowest BCUT2D eigenvalue weighted by molar-refractivity contribution is -0.141. The number of aliphatic hydroxyl groups is 1. The Kier molecular flexibility index (Phi) is 5.52. The predicted molar refractivity (Wildman–Crippen MR) is 72.8 cm³/mol. The van der Waals surface area contributed by atoms with Crippen molar-refractivity contribution in [3.8, 4) is 5.75 Å². The second kappa shape index (κ2) is 6.91. The number of carbonyl (C=O) groups is 2. The van der Waals surface area contributed by atoms with Crippen molar-refractivity contribution in [3.63, 3.8) is 0 Å². The molecule has 0 aliphatic heterocycles. The SMILES string of the molecule is CC(C)Oc1cccc(C(=O)NC(C(=O)O)C(C)O)c1. The molecule has 1 aromatic carbocycles. The van der Waals surface area contributed by atoms with Gasteiger partial charge in [0.1, 0.15) is 5.75 Å². The molecule has 0 aromatic heterocycles. The van der Waals surface area contributed by atoms with E-state index in [1.807, 2.05) is 13.8 Å². The number of ether oxygens (including phenoxy) is 1. The van der Waals surface area contributed by atoms with Gasteiger partial charge >= 0.3 is 5.97 Å². The van der Waals surface area contributed by atoms with E-state index in [4.69, 9.17) is 9.84 Å². The number of carbonyl (C=O) groups excluding carboxylic acids is 1. The van der Waals surface area contributed by atoms with Crippen molar-refractivity contribution in [2.24, 2.45) is 0 Å². The highest BCUT2D eigenvalue weighted by molar-refractivity contribution is 5.97. The van der Waals surface area contributed by atoms with E-state index in [0.29, 0.717) is 5.75 Å². The van der Waals surface area contributed by atoms with Gasteiger partial charge in [0.2, 0.25) is 0 Å². The number of rotatable bonds is 6. The summed E-state index contributed by atoms with van der Waals surface area (Å²) in [5, 5.41) is 20.5. The van der Waals surface area contributed by atoms with Crippen LogP contribution in [0.5, 0.6) is 5.75 Å². The van der Waals surface area contributed by atoms with Gasteiger partial charge in [-0.2, -0.15) is 0 Å². The maximum Gasteiger partial charge on any atom is 0.328 e. The monoisotopic (exact) mass is 281 g/mol. The van der Waals surface area contributed by atoms with Gasteiger partial charge in [-0.15, -0.1) is 0 Å². The molecule has 0 radical (unpaired) electrons. The first-order chi connectivity index (χ1) is 9.31. The summed E-state index contributed by atoms with van der Waals surface area (Å²) in [5.74, 6) is -1.34. The van der Waals surface area contributed by atoms with Crippen molar-refractivity contribution < 1.29 is 24.5 Å². The highest BCUT2D eigenvalue weighted by Crippen LogP contribution is 2.15. The van der Waals surface area contributed by atoms with Crippen molar-refractivity contribution in [2.45, 2.75) is 39.0 Å². The first kappa shape index (κ1) is 16.0. The first-order valence-corrected chi connectivity index (χ1v) is 6.29. The van der Waals surface area contributed by atoms with Crippen LogP contribution < -0.4 is 10.1 Å². The summed E-state index contributed by atoms with van der Waals surface area (Å²) in [6, 6.07) is 5.07. The Morgan fingerprint density at radius 2 is 1.90 bits per heavy atom. The zero-order valence-corrected chi connectivity index (χ0v) is 11.7. The van der Waals surface area contributed by atoms with E-state index in [2.05, 4.69) is 5.32 Å². The number of aliphatic hydroxyl groups excluding tert-OH is 1. The molecule has 0 aliphatic carbocycles. The summed E-state index contributed by atoms with van der Waals surface area (Å²) in [5.41, 5.74) is 0.273. The van der Waals surface area contributed by atoms with Gasteiger partial charge in [-0.25, -0.2) is 4.79 Å². The zero-order valence-electron chi connectivity index (χ0n) is 11.7. The van der Waals surface area contributed by atoms with E-state index in [1.165, 1.54) is 13.0 Å². The van der Waals surface area contributed by atoms with E-state index in [-0.39, 0.29) is 11.7 Å². The minimum Gasteiger partial charge on any atom is -0.491 e. The fourth-order valence-corrected chi connectivity index (χ4v) is 1.60. The number of carboxylic acid groups (broad SMARTS) is 1. The van der Waals surface area contributed by atoms with Gasteiger partial charge in [0.05, 0.1) is 12.2 Å². The molecular weight excluding hydrogens is 262 g/mol. The van der Waals surface area contributed by atoms with Gasteiger partial charge < -0.3 is 20.3 Å². The van der Waals surface area contributed by atoms with Crippen LogP contribution >= 0.6 is 0 Å². The third kappa shape index (κ3) is 4.55. The van der Waals surface area contributed by atoms with Crippen LogP contribution in [0.4, 0.5) is 0 Å². The van der Waals surface area contributed by atoms with E-state index in [0.717, 1.165) is 0 Å². The number of hydrogen-bond acceptors (Lipinski definition) is 4. The number of hydrogen-bond donors (Lipinski definition) is 3. The summed E-state index contributed by atoms with van der Waals surface area (Å²) in [7, 11) is 0. The number of nitrogens with one attached hydrogen (secondary N) is 1. The second-order valence-electron chi connectivity index (χ2n) is 4.72. The normalized spacial score (nSPS) is 13.7. The van der Waals surface area contributed by atoms with Crippen LogP contribution in [0.3, 0.4) is 0 Å². The average molecular weight is 281 g/mol. The van der Waals surface area contributed by atoms with E-state index < -0.39 is 24.0 Å². The van der Waals surface area contributed by atoms with Crippen LogP contribution in [0.1, 0.15) is 31.1 Å². The maximum atomic E-state index is 12.0. The van der Waals surface area contributed by atoms with Crippen LogP contribution in [-0.2, 0) is 4.79 Å². The van der Waals surface area contributed by atoms with Gasteiger partial charge in [-0.1, -0.05) is 6.07 Å². The van der Waals surface area contributed by atoms with Crippen LogP contribution in [0.2, 0.25) is 0 Å². The molecule has 6 heteroatoms. The molecule has 0 spiro atoms. The van der Waals surface area contributed by atoms with Gasteiger partial charge in [0, 0.05) is 5.56 Å². The van der Waals surface area contributed by atoms with Gasteiger partial charge in [-0.3, -0.25) is 4.79 Å². The lowest BCUT2D eigenvalue weighted by Gasteiger charge is -2.17. The molecule has 110 valence electrons. The molecule has 0 saturated carbocycles. The summed E-state index contributed by atoms with van der Waals surface area (Å²) in [4.78, 5) is 22.9. The molecule has 1 rings (SSSR count). The molecule has 2 atom stereocenters. The molecule has 0 bridgehead atoms. The van der Waals surface area contributed by atoms with Crippen molar-refractivity contribution in [2.75, 3.05) is 0 Å². The maximum absolute atomic E-state index is 12.0. The molecule has 6 nitrogen and oxygen atoms in total. The summed E-state index contributed by atoms with van der Waals surface area (Å²) in [6.07, 6.45) is -1.22. The van der Waals surface area contributed by atoms with E-state index in [9.17, 15) is 14.7 Å². The number of carboxylic acids is 1. The van der Waals surface area contributed by atoms with Crippen molar-refractivity contribution in [1.29, 1.82) is 0 Å². The topological polar surface area (TPSA) is 95.9 Å². The molecule has 2 unspecified atom stereocenters. The Morgan fingerprint density at radius 3 is 2.40 bits per heavy atom. The Balaban J connectivity index is 2.84. The Labute approximate surface area is 117 Å². The molecule has 20 heavy (non-hydrogen) atoms. The van der Waals surface area contributed by atoms with E-state index in [1.54, 1.807) is 18.2 Å². The van der Waals surface area contributed by atoms with Crippen LogP contribution in [0, 0.1) is 0 Å². The second-order valence-corrected chi connectivity index (χ2v) is 4.72. The quantitative estimate of drug-likeness (QED) is 0.724. The smallest absolute Gasteiger partial charge is 0.328 e. The van der Waals surface area contributed by atoms with Crippen LogP contribution in [0.25, 0.3) is 0 Å². The van der Waals surface area contributed by atoms with Crippen molar-refractivity contribution in [3.05, 3.63) is 29.8 Å². The van der Waals surface area contributed by atoms with Gasteiger partial charge in [0.15, 0.2) is 6.04 Å². The van der Waals surface area contributed by atoms with Gasteiger partial charge in [0.25, 0.3) is 5.91 Å². The lowest BCUT2D eigenvalue weighted by Crippen LogP contribution is -2.47. The molecule has 0 saturated heterocycles. The highest BCUT2D eigenvalue weighted by atomic mass is 16.5. The minimum atomic E-state index is -1.35. The first-order valence-electron chi connectivity index (χ1n) is 6.29. The third-order valence-corrected chi connectivity index (χ3v) is 2.50. The summed E-state index contributed by atoms with van der Waals surface area (Å²) < 4.78 is 5.46. The van der Waals surface area contributed by atoms with Crippen LogP contribution in [0.15, 0.2) is 24.3 Å². The summed E-state index contributed by atoms with van der Waals surface area (Å²) >= 11 is 0. The zero-order chi connectivity index (χ0) is 15.3. The fourth-order valence-electron chi connectivity index (χ4n) is 1.60. The number of amides is 1. The Morgan fingerprint density at radius 1 is 1.25 bits per heavy atom. The number of aliphatic carboxylic acids is 1. The van der Waals surface area contributed by atoms with Crippen molar-refractivity contribution >= 4 is 11.9 Å². The highest BCUT2D eigenvalue weighted by Gasteiger charge is 2.25. The fraction of sp³-hybridized carbons (Fsp3) is 0.429. The molecule has 3 N–H and O–H groups in total. The van der Waals surface area contributed by atoms with Crippen molar-refractivity contribution in [1.82, 2.24) is 5.32 Å². The largest absolute Gasteiger partial charge is 0.491 e. The molecule has 0 aliphatic rings. The summed E-state index contributed by atoms with van der Waals surface area (Å²) in [6.45, 7) is 5.03. The third-order valence-electron chi connectivity index (χ3n) is 2.50. The molecule has 0 heterocycles. The lowest BCUT2D eigenvalue weighted by atomic mass is 10.1. The molecule has 1 aromatic rings. The average Bonchev–Trinajstić information content (AvgIpc) is 2.34. The predicted octanol–water partition coefficient (Wildman–Crippen LogP) is 1.04. The van der Waals surface area contributed by atoms with Crippen LogP contribution in [-0.4, -0.2) is 40.3 Å². The molecule has 1 amide bonds. The molecular formula is C14H19NO5. The van der Waals surface area contributed by atoms with Gasteiger partial charge in [-0.05, 0) is 39.0 Å².